The zero-order valence-corrected chi connectivity index (χ0v) is 23.5. The summed E-state index contributed by atoms with van der Waals surface area (Å²) in [4.78, 5) is 44.6. The zero-order valence-electron chi connectivity index (χ0n) is 23.5. The highest BCUT2D eigenvalue weighted by atomic mass is 19.4. The van der Waals surface area contributed by atoms with Crippen LogP contribution in [-0.2, 0) is 35.2 Å². The fraction of sp³-hybridized carbons (Fsp3) is 0.556. The number of nitrogens with one attached hydrogen (secondary N) is 1. The second-order valence-corrected chi connectivity index (χ2v) is 11.4. The van der Waals surface area contributed by atoms with Crippen molar-refractivity contribution in [2.24, 2.45) is 0 Å². The van der Waals surface area contributed by atoms with E-state index in [4.69, 9.17) is 4.74 Å². The van der Waals surface area contributed by atoms with Crippen molar-refractivity contribution in [1.82, 2.24) is 24.7 Å². The van der Waals surface area contributed by atoms with Gasteiger partial charge in [0, 0.05) is 38.2 Å². The summed E-state index contributed by atoms with van der Waals surface area (Å²) in [6, 6.07) is -0.285. The van der Waals surface area contributed by atoms with Crippen LogP contribution in [0.15, 0.2) is 12.1 Å². The quantitative estimate of drug-likeness (QED) is 0.382. The van der Waals surface area contributed by atoms with Gasteiger partial charge in [0.2, 0.25) is 11.7 Å². The number of rotatable bonds is 6. The number of hydrogen-bond acceptors (Lipinski definition) is 5. The van der Waals surface area contributed by atoms with Crippen LogP contribution in [0, 0.1) is 17.5 Å². The molecular formula is C27H30F7N5O4. The number of likely N-dealkylation sites (tertiary alicyclic amines) is 1. The van der Waals surface area contributed by atoms with Crippen LogP contribution in [0.1, 0.15) is 61.2 Å². The highest BCUT2D eigenvalue weighted by Gasteiger charge is 2.43. The maximum Gasteiger partial charge on any atom is 0.449 e. The molecule has 1 aromatic carbocycles. The molecule has 2 aliphatic heterocycles. The molecule has 0 spiro atoms. The summed E-state index contributed by atoms with van der Waals surface area (Å²) in [6.07, 6.45) is -8.17. The largest absolute Gasteiger partial charge is 0.449 e. The van der Waals surface area contributed by atoms with E-state index in [1.807, 2.05) is 0 Å². The van der Waals surface area contributed by atoms with E-state index in [0.717, 1.165) is 14.4 Å². The molecule has 1 fully saturated rings. The predicted molar refractivity (Wildman–Crippen MR) is 136 cm³/mol. The van der Waals surface area contributed by atoms with E-state index in [1.165, 1.54) is 0 Å². The molecule has 0 saturated carbocycles. The van der Waals surface area contributed by atoms with Crippen molar-refractivity contribution >= 4 is 17.9 Å². The highest BCUT2D eigenvalue weighted by Crippen LogP contribution is 2.33. The minimum atomic E-state index is -4.91. The number of alkyl carbamates (subject to hydrolysis) is 1. The van der Waals surface area contributed by atoms with Gasteiger partial charge < -0.3 is 24.4 Å². The number of aromatic nitrogens is 2. The number of carbonyl (C=O) groups excluding carboxylic acids is 3. The number of alkyl halides is 4. The Hall–Kier alpha value is -3.85. The molecule has 0 aliphatic carbocycles. The predicted octanol–water partition coefficient (Wildman–Crippen LogP) is 4.37. The van der Waals surface area contributed by atoms with E-state index in [2.05, 4.69) is 10.3 Å². The summed E-state index contributed by atoms with van der Waals surface area (Å²) >= 11 is 0. The molecule has 236 valence electrons. The number of fused-ring (bicyclic) bond motifs is 1. The molecule has 2 aliphatic rings. The van der Waals surface area contributed by atoms with Crippen LogP contribution < -0.4 is 5.32 Å². The number of hydrogen-bond donors (Lipinski definition) is 1. The molecular weight excluding hydrogens is 591 g/mol. The summed E-state index contributed by atoms with van der Waals surface area (Å²) < 4.78 is 103. The summed E-state index contributed by atoms with van der Waals surface area (Å²) in [5.74, 6) is -6.83. The van der Waals surface area contributed by atoms with Gasteiger partial charge in [-0.2, -0.15) is 13.2 Å². The van der Waals surface area contributed by atoms with Gasteiger partial charge in [-0.3, -0.25) is 9.59 Å². The maximum atomic E-state index is 14.4. The number of amides is 3. The van der Waals surface area contributed by atoms with Crippen molar-refractivity contribution < 1.29 is 49.9 Å². The van der Waals surface area contributed by atoms with Gasteiger partial charge in [0.25, 0.3) is 5.91 Å². The molecule has 43 heavy (non-hydrogen) atoms. The van der Waals surface area contributed by atoms with Gasteiger partial charge in [0.05, 0.1) is 18.8 Å². The molecule has 0 radical (unpaired) electrons. The highest BCUT2D eigenvalue weighted by molar-refractivity contribution is 5.94. The number of carbonyl (C=O) groups is 3. The molecule has 3 heterocycles. The van der Waals surface area contributed by atoms with Gasteiger partial charge in [-0.1, -0.05) is 0 Å². The molecule has 1 aromatic heterocycles. The van der Waals surface area contributed by atoms with Gasteiger partial charge in [0.1, 0.15) is 17.6 Å². The van der Waals surface area contributed by atoms with E-state index >= 15 is 0 Å². The van der Waals surface area contributed by atoms with Crippen LogP contribution in [0.2, 0.25) is 0 Å². The first-order valence-corrected chi connectivity index (χ1v) is 13.4. The Labute approximate surface area is 242 Å². The topological polar surface area (TPSA) is 96.8 Å². The average molecular weight is 622 g/mol. The second-order valence-electron chi connectivity index (χ2n) is 11.4. The summed E-state index contributed by atoms with van der Waals surface area (Å²) in [5, 5.41) is 2.41. The van der Waals surface area contributed by atoms with Gasteiger partial charge >= 0.3 is 12.3 Å². The third kappa shape index (κ3) is 7.57. The van der Waals surface area contributed by atoms with E-state index in [1.54, 1.807) is 20.8 Å². The lowest BCUT2D eigenvalue weighted by Crippen LogP contribution is -2.46. The molecule has 1 saturated heterocycles. The number of benzene rings is 1. The van der Waals surface area contributed by atoms with Crippen LogP contribution in [0.3, 0.4) is 0 Å². The van der Waals surface area contributed by atoms with Crippen molar-refractivity contribution in [3.05, 3.63) is 52.4 Å². The average Bonchev–Trinajstić information content (AvgIpc) is 3.49. The SMILES string of the molecule is CC(C)(C)OC(=O)N[C@@H](CC(=O)N1CCn2c(C(F)(F)F)nc(C(=O)N3CCC(F)C3)c2C1)Cc1cc(F)c(F)cc1F. The fourth-order valence-corrected chi connectivity index (χ4v) is 4.99. The maximum absolute atomic E-state index is 14.4. The van der Waals surface area contributed by atoms with Crippen LogP contribution in [-0.4, -0.2) is 74.7 Å². The molecule has 2 aromatic rings. The standard InChI is InChI=1S/C27H30F7N5O4/c1-26(2,3)43-25(42)35-16(8-14-9-18(30)19(31)11-17(14)29)10-21(40)37-6-7-39-20(13-37)22(36-24(39)27(32,33)34)23(41)38-5-4-15(28)12-38/h9,11,15-16H,4-8,10,12-13H2,1-3H3,(H,35,42)/t15?,16-/m1/s1. The van der Waals surface area contributed by atoms with E-state index in [-0.39, 0.29) is 43.9 Å². The molecule has 3 amide bonds. The van der Waals surface area contributed by atoms with E-state index in [0.29, 0.717) is 12.1 Å². The van der Waals surface area contributed by atoms with E-state index in [9.17, 15) is 45.1 Å². The Balaban J connectivity index is 1.58. The Kier molecular flexibility index (Phi) is 8.97. The first-order chi connectivity index (χ1) is 19.9. The molecule has 0 bridgehead atoms. The van der Waals surface area contributed by atoms with Crippen LogP contribution in [0.4, 0.5) is 35.5 Å². The monoisotopic (exact) mass is 621 g/mol. The smallest absolute Gasteiger partial charge is 0.444 e. The first-order valence-electron chi connectivity index (χ1n) is 13.4. The Bertz CT molecular complexity index is 1410. The number of nitrogens with zero attached hydrogens (tertiary/aromatic N) is 4. The third-order valence-electron chi connectivity index (χ3n) is 6.93. The van der Waals surface area contributed by atoms with Gasteiger partial charge in [-0.25, -0.2) is 27.3 Å². The second kappa shape index (κ2) is 12.0. The fourth-order valence-electron chi connectivity index (χ4n) is 4.99. The lowest BCUT2D eigenvalue weighted by atomic mass is 10.0. The first kappa shape index (κ1) is 32.1. The van der Waals surface area contributed by atoms with Crippen molar-refractivity contribution in [3.63, 3.8) is 0 Å². The molecule has 1 unspecified atom stereocenters. The lowest BCUT2D eigenvalue weighted by Gasteiger charge is -2.31. The summed E-state index contributed by atoms with van der Waals surface area (Å²) in [5.41, 5.74) is -2.04. The Morgan fingerprint density at radius 3 is 2.30 bits per heavy atom. The molecule has 4 rings (SSSR count). The normalized spacial score (nSPS) is 18.0. The zero-order chi connectivity index (χ0) is 31.9. The summed E-state index contributed by atoms with van der Waals surface area (Å²) in [7, 11) is 0. The Morgan fingerprint density at radius 1 is 1.02 bits per heavy atom. The minimum Gasteiger partial charge on any atom is -0.444 e. The third-order valence-corrected chi connectivity index (χ3v) is 6.93. The molecule has 2 atom stereocenters. The van der Waals surface area contributed by atoms with Crippen LogP contribution in [0.5, 0.6) is 0 Å². The van der Waals surface area contributed by atoms with Gasteiger partial charge in [0.15, 0.2) is 17.3 Å². The van der Waals surface area contributed by atoms with Crippen molar-refractivity contribution in [2.45, 2.75) is 77.1 Å². The summed E-state index contributed by atoms with van der Waals surface area (Å²) in [6.45, 7) is 3.35. The lowest BCUT2D eigenvalue weighted by molar-refractivity contribution is -0.148. The van der Waals surface area contributed by atoms with Gasteiger partial charge in [-0.05, 0) is 45.2 Å². The molecule has 16 heteroatoms. The number of imidazole rings is 1. The minimum absolute atomic E-state index is 0.00511. The molecule has 1 N–H and O–H groups in total. The van der Waals surface area contributed by atoms with Crippen molar-refractivity contribution in [2.75, 3.05) is 19.6 Å². The van der Waals surface area contributed by atoms with Gasteiger partial charge in [-0.15, -0.1) is 0 Å². The Morgan fingerprint density at radius 2 is 1.70 bits per heavy atom. The van der Waals surface area contributed by atoms with E-state index < -0.39 is 90.3 Å². The van der Waals surface area contributed by atoms with Crippen molar-refractivity contribution in [3.8, 4) is 0 Å². The number of halogens is 7. The van der Waals surface area contributed by atoms with Crippen LogP contribution in [0.25, 0.3) is 0 Å². The van der Waals surface area contributed by atoms with Crippen LogP contribution >= 0.6 is 0 Å². The number of ether oxygens (including phenoxy) is 1. The van der Waals surface area contributed by atoms with Crippen molar-refractivity contribution in [1.29, 1.82) is 0 Å². The molecule has 9 nitrogen and oxygen atoms in total.